The van der Waals surface area contributed by atoms with Crippen molar-refractivity contribution in [3.8, 4) is 0 Å². The van der Waals surface area contributed by atoms with Gasteiger partial charge < -0.3 is 10.8 Å². The number of primary amides is 1. The van der Waals surface area contributed by atoms with Crippen LogP contribution in [0.3, 0.4) is 0 Å². The first-order valence-electron chi connectivity index (χ1n) is 5.53. The van der Waals surface area contributed by atoms with Gasteiger partial charge in [-0.3, -0.25) is 0 Å². The van der Waals surface area contributed by atoms with Crippen molar-refractivity contribution >= 4 is 12.2 Å². The highest BCUT2D eigenvalue weighted by Crippen LogP contribution is 2.29. The molecule has 0 heterocycles. The van der Waals surface area contributed by atoms with Crippen LogP contribution < -0.4 is 11.2 Å². The quantitative estimate of drug-likeness (QED) is 0.494. The van der Waals surface area contributed by atoms with Gasteiger partial charge in [-0.1, -0.05) is 13.0 Å². The number of aliphatic hydroxyl groups is 1. The molecular formula is C11H19N3O2. The van der Waals surface area contributed by atoms with Crippen molar-refractivity contribution < 1.29 is 9.90 Å². The van der Waals surface area contributed by atoms with Gasteiger partial charge >= 0.3 is 6.03 Å². The van der Waals surface area contributed by atoms with Crippen LogP contribution in [0, 0.1) is 11.8 Å². The molecule has 1 aliphatic rings. The predicted octanol–water partition coefficient (Wildman–Crippen LogP) is 0.994. The maximum atomic E-state index is 10.3. The molecule has 3 atom stereocenters. The smallest absolute Gasteiger partial charge is 0.332 e. The third-order valence-electron chi connectivity index (χ3n) is 2.82. The summed E-state index contributed by atoms with van der Waals surface area (Å²) in [5.41, 5.74) is 6.92. The van der Waals surface area contributed by atoms with Crippen LogP contribution in [0.1, 0.15) is 26.2 Å². The number of carbonyl (C=O) groups is 1. The third kappa shape index (κ3) is 4.44. The first-order valence-corrected chi connectivity index (χ1v) is 5.53. The number of carbonyl (C=O) groups excluding carboxylic acids is 1. The number of hydrogen-bond acceptors (Lipinski definition) is 3. The molecule has 16 heavy (non-hydrogen) atoms. The van der Waals surface area contributed by atoms with Gasteiger partial charge in [-0.05, 0) is 31.3 Å². The summed E-state index contributed by atoms with van der Waals surface area (Å²) >= 11 is 0. The molecule has 0 aliphatic heterocycles. The molecular weight excluding hydrogens is 206 g/mol. The number of rotatable bonds is 3. The van der Waals surface area contributed by atoms with Crippen molar-refractivity contribution in [1.82, 2.24) is 5.43 Å². The fraction of sp³-hybridized carbons (Fsp3) is 0.636. The van der Waals surface area contributed by atoms with Gasteiger partial charge in [0.1, 0.15) is 0 Å². The van der Waals surface area contributed by atoms with E-state index >= 15 is 0 Å². The van der Waals surface area contributed by atoms with E-state index in [1.807, 2.05) is 6.08 Å². The van der Waals surface area contributed by atoms with Crippen LogP contribution >= 0.6 is 0 Å². The van der Waals surface area contributed by atoms with E-state index in [4.69, 9.17) is 5.73 Å². The monoisotopic (exact) mass is 225 g/mol. The zero-order chi connectivity index (χ0) is 12.0. The molecule has 3 unspecified atom stereocenters. The number of urea groups is 1. The van der Waals surface area contributed by atoms with E-state index in [1.165, 1.54) is 6.21 Å². The highest BCUT2D eigenvalue weighted by Gasteiger charge is 2.24. The van der Waals surface area contributed by atoms with Crippen molar-refractivity contribution in [3.05, 3.63) is 12.2 Å². The predicted molar refractivity (Wildman–Crippen MR) is 62.9 cm³/mol. The second-order valence-corrected chi connectivity index (χ2v) is 4.29. The van der Waals surface area contributed by atoms with E-state index in [9.17, 15) is 9.90 Å². The summed E-state index contributed by atoms with van der Waals surface area (Å²) in [4.78, 5) is 10.3. The SMILES string of the molecule is CC1CCC(/C=C/C=N\NC(N)=O)C(O)C1. The molecule has 0 saturated heterocycles. The molecule has 0 aromatic rings. The molecule has 0 radical (unpaired) electrons. The van der Waals surface area contributed by atoms with Gasteiger partial charge in [0.15, 0.2) is 0 Å². The van der Waals surface area contributed by atoms with E-state index in [-0.39, 0.29) is 12.0 Å². The third-order valence-corrected chi connectivity index (χ3v) is 2.82. The Morgan fingerprint density at radius 3 is 2.94 bits per heavy atom. The number of aliphatic hydroxyl groups excluding tert-OH is 1. The van der Waals surface area contributed by atoms with Crippen molar-refractivity contribution in [2.75, 3.05) is 0 Å². The molecule has 90 valence electrons. The second kappa shape index (κ2) is 6.27. The Morgan fingerprint density at radius 1 is 1.56 bits per heavy atom. The van der Waals surface area contributed by atoms with Crippen LogP contribution in [0.15, 0.2) is 17.3 Å². The molecule has 0 bridgehead atoms. The molecule has 1 fully saturated rings. The fourth-order valence-corrected chi connectivity index (χ4v) is 1.94. The van der Waals surface area contributed by atoms with Gasteiger partial charge in [-0.2, -0.15) is 5.10 Å². The van der Waals surface area contributed by atoms with Crippen molar-refractivity contribution in [2.45, 2.75) is 32.3 Å². The number of nitrogens with two attached hydrogens (primary N) is 1. The number of hydrogen-bond donors (Lipinski definition) is 3. The summed E-state index contributed by atoms with van der Waals surface area (Å²) < 4.78 is 0. The maximum Gasteiger partial charge on any atom is 0.332 e. The van der Waals surface area contributed by atoms with Gasteiger partial charge in [0.05, 0.1) is 6.10 Å². The molecule has 1 rings (SSSR count). The lowest BCUT2D eigenvalue weighted by atomic mass is 9.80. The Bertz CT molecular complexity index is 289. The fourth-order valence-electron chi connectivity index (χ4n) is 1.94. The Balaban J connectivity index is 2.33. The lowest BCUT2D eigenvalue weighted by Crippen LogP contribution is -2.27. The molecule has 0 aromatic carbocycles. The Labute approximate surface area is 95.4 Å². The Hall–Kier alpha value is -1.36. The minimum absolute atomic E-state index is 0.191. The Morgan fingerprint density at radius 2 is 2.31 bits per heavy atom. The Kier molecular flexibility index (Phi) is 4.98. The first-order chi connectivity index (χ1) is 7.59. The highest BCUT2D eigenvalue weighted by atomic mass is 16.3. The van der Waals surface area contributed by atoms with E-state index in [0.29, 0.717) is 5.92 Å². The number of amides is 2. The summed E-state index contributed by atoms with van der Waals surface area (Å²) in [6.07, 6.45) is 7.82. The van der Waals surface area contributed by atoms with Crippen LogP contribution in [0.4, 0.5) is 4.79 Å². The average Bonchev–Trinajstić information content (AvgIpc) is 2.20. The minimum atomic E-state index is -0.684. The molecule has 2 amide bonds. The normalized spacial score (nSPS) is 31.0. The summed E-state index contributed by atoms with van der Waals surface area (Å²) in [7, 11) is 0. The molecule has 4 N–H and O–H groups in total. The lowest BCUT2D eigenvalue weighted by Gasteiger charge is -2.29. The zero-order valence-corrected chi connectivity index (χ0v) is 9.47. The molecule has 5 nitrogen and oxygen atoms in total. The van der Waals surface area contributed by atoms with Gasteiger partial charge in [0.25, 0.3) is 0 Å². The van der Waals surface area contributed by atoms with Crippen LogP contribution in [-0.2, 0) is 0 Å². The summed E-state index contributed by atoms with van der Waals surface area (Å²) in [5.74, 6) is 0.793. The molecule has 1 aliphatic carbocycles. The number of hydrazone groups is 1. The summed E-state index contributed by atoms with van der Waals surface area (Å²) in [5, 5.41) is 13.4. The maximum absolute atomic E-state index is 10.3. The second-order valence-electron chi connectivity index (χ2n) is 4.29. The van der Waals surface area contributed by atoms with Crippen molar-refractivity contribution in [2.24, 2.45) is 22.7 Å². The van der Waals surface area contributed by atoms with Gasteiger partial charge in [-0.25, -0.2) is 10.2 Å². The van der Waals surface area contributed by atoms with Crippen LogP contribution in [0.2, 0.25) is 0 Å². The van der Waals surface area contributed by atoms with Crippen LogP contribution in [-0.4, -0.2) is 23.5 Å². The first kappa shape index (κ1) is 12.7. The lowest BCUT2D eigenvalue weighted by molar-refractivity contribution is 0.0705. The van der Waals surface area contributed by atoms with E-state index in [0.717, 1.165) is 19.3 Å². The van der Waals surface area contributed by atoms with Gasteiger partial charge in [0.2, 0.25) is 0 Å². The van der Waals surface area contributed by atoms with E-state index in [1.54, 1.807) is 6.08 Å². The summed E-state index contributed by atoms with van der Waals surface area (Å²) in [6.45, 7) is 2.15. The van der Waals surface area contributed by atoms with Crippen molar-refractivity contribution in [1.29, 1.82) is 0 Å². The highest BCUT2D eigenvalue weighted by molar-refractivity contribution is 5.75. The molecule has 0 aromatic heterocycles. The van der Waals surface area contributed by atoms with Crippen molar-refractivity contribution in [3.63, 3.8) is 0 Å². The number of allylic oxidation sites excluding steroid dienone is 1. The number of nitrogens with one attached hydrogen (secondary N) is 1. The largest absolute Gasteiger partial charge is 0.393 e. The van der Waals surface area contributed by atoms with Crippen LogP contribution in [0.25, 0.3) is 0 Å². The number of nitrogens with zero attached hydrogens (tertiary/aromatic N) is 1. The molecule has 5 heteroatoms. The summed E-state index contributed by atoms with van der Waals surface area (Å²) in [6, 6.07) is -0.684. The molecule has 0 spiro atoms. The zero-order valence-electron chi connectivity index (χ0n) is 9.47. The van der Waals surface area contributed by atoms with Crippen LogP contribution in [0.5, 0.6) is 0 Å². The average molecular weight is 225 g/mol. The minimum Gasteiger partial charge on any atom is -0.393 e. The van der Waals surface area contributed by atoms with E-state index in [2.05, 4.69) is 17.5 Å². The standard InChI is InChI=1S/C11H19N3O2/c1-8-4-5-9(10(15)7-8)3-2-6-13-14-11(12)16/h2-3,6,8-10,15H,4-5,7H2,1H3,(H3,12,14,16)/b3-2+,13-6-. The van der Waals surface area contributed by atoms with Gasteiger partial charge in [0, 0.05) is 12.1 Å². The topological polar surface area (TPSA) is 87.7 Å². The molecule has 1 saturated carbocycles. The van der Waals surface area contributed by atoms with E-state index < -0.39 is 6.03 Å². The van der Waals surface area contributed by atoms with Gasteiger partial charge in [-0.15, -0.1) is 0 Å².